The number of benzene rings is 1. The molecule has 0 atom stereocenters. The molecule has 0 radical (unpaired) electrons. The summed E-state index contributed by atoms with van der Waals surface area (Å²) < 4.78 is 27.2. The van der Waals surface area contributed by atoms with E-state index in [9.17, 15) is 13.2 Å². The molecule has 148 valence electrons. The maximum atomic E-state index is 12.9. The van der Waals surface area contributed by atoms with Crippen molar-refractivity contribution in [1.29, 1.82) is 0 Å². The number of nitrogens with one attached hydrogen (secondary N) is 2. The predicted molar refractivity (Wildman–Crippen MR) is 106 cm³/mol. The minimum absolute atomic E-state index is 0.0741. The molecule has 0 aromatic heterocycles. The predicted octanol–water partition coefficient (Wildman–Crippen LogP) is 2.29. The van der Waals surface area contributed by atoms with E-state index in [2.05, 4.69) is 16.7 Å². The fourth-order valence-electron chi connectivity index (χ4n) is 3.71. The number of nitrogens with zero attached hydrogens (tertiary/aromatic N) is 1. The van der Waals surface area contributed by atoms with Gasteiger partial charge in [0.25, 0.3) is 5.91 Å². The Morgan fingerprint density at radius 1 is 1.19 bits per heavy atom. The maximum absolute atomic E-state index is 12.9. The summed E-state index contributed by atoms with van der Waals surface area (Å²) in [7, 11) is -1.86. The smallest absolute Gasteiger partial charge is 0.251 e. The van der Waals surface area contributed by atoms with Gasteiger partial charge in [0, 0.05) is 31.7 Å². The standard InChI is InChI=1S/C20H29N3O3S/c1-23(18-5-3-2-4-6-18)27(25,26)19-9-7-17(8-10-19)20(24)22-15-16-11-13-21-14-12-16/h7-11,18,21H,2-6,12-15H2,1H3,(H,22,24). The molecule has 2 N–H and O–H groups in total. The molecule has 1 aliphatic carbocycles. The van der Waals surface area contributed by atoms with Gasteiger partial charge in [0.2, 0.25) is 10.0 Å². The highest BCUT2D eigenvalue weighted by molar-refractivity contribution is 7.89. The molecular weight excluding hydrogens is 362 g/mol. The summed E-state index contributed by atoms with van der Waals surface area (Å²) in [6, 6.07) is 6.33. The minimum Gasteiger partial charge on any atom is -0.348 e. The maximum Gasteiger partial charge on any atom is 0.251 e. The first-order valence-electron chi connectivity index (χ1n) is 9.73. The third-order valence-corrected chi connectivity index (χ3v) is 7.44. The average molecular weight is 392 g/mol. The van der Waals surface area contributed by atoms with E-state index in [4.69, 9.17) is 0 Å². The summed E-state index contributed by atoms with van der Waals surface area (Å²) in [6.07, 6.45) is 8.21. The Bertz CT molecular complexity index is 781. The van der Waals surface area contributed by atoms with Crippen LogP contribution in [0.15, 0.2) is 40.8 Å². The Labute approximate surface area is 162 Å². The lowest BCUT2D eigenvalue weighted by Crippen LogP contribution is -2.38. The van der Waals surface area contributed by atoms with Crippen LogP contribution in [0.2, 0.25) is 0 Å². The Morgan fingerprint density at radius 2 is 1.89 bits per heavy atom. The zero-order valence-corrected chi connectivity index (χ0v) is 16.7. The van der Waals surface area contributed by atoms with Gasteiger partial charge in [0.1, 0.15) is 0 Å². The van der Waals surface area contributed by atoms with Crippen LogP contribution in [-0.2, 0) is 10.0 Å². The second-order valence-corrected chi connectivity index (χ2v) is 9.33. The van der Waals surface area contributed by atoms with Crippen molar-refractivity contribution in [3.63, 3.8) is 0 Å². The van der Waals surface area contributed by atoms with Crippen molar-refractivity contribution >= 4 is 15.9 Å². The molecule has 0 bridgehead atoms. The highest BCUT2D eigenvalue weighted by Crippen LogP contribution is 2.26. The highest BCUT2D eigenvalue weighted by atomic mass is 32.2. The summed E-state index contributed by atoms with van der Waals surface area (Å²) in [5.41, 5.74) is 1.69. The van der Waals surface area contributed by atoms with E-state index in [0.717, 1.165) is 45.2 Å². The lowest BCUT2D eigenvalue weighted by atomic mass is 9.96. The second-order valence-electron chi connectivity index (χ2n) is 7.34. The third kappa shape index (κ3) is 4.97. The molecule has 1 aromatic carbocycles. The third-order valence-electron chi connectivity index (χ3n) is 5.52. The zero-order valence-electron chi connectivity index (χ0n) is 15.9. The van der Waals surface area contributed by atoms with Gasteiger partial charge < -0.3 is 10.6 Å². The molecule has 1 saturated carbocycles. The number of carbonyl (C=O) groups is 1. The molecule has 3 rings (SSSR count). The highest BCUT2D eigenvalue weighted by Gasteiger charge is 2.29. The Balaban J connectivity index is 1.63. The van der Waals surface area contributed by atoms with E-state index in [0.29, 0.717) is 12.1 Å². The van der Waals surface area contributed by atoms with E-state index >= 15 is 0 Å². The van der Waals surface area contributed by atoms with Crippen LogP contribution >= 0.6 is 0 Å². The van der Waals surface area contributed by atoms with E-state index in [1.165, 1.54) is 28.4 Å². The first-order valence-corrected chi connectivity index (χ1v) is 11.2. The lowest BCUT2D eigenvalue weighted by Gasteiger charge is -2.30. The molecule has 0 saturated heterocycles. The van der Waals surface area contributed by atoms with Crippen LogP contribution in [0.25, 0.3) is 0 Å². The molecule has 1 heterocycles. The number of sulfonamides is 1. The van der Waals surface area contributed by atoms with Gasteiger partial charge in [-0.2, -0.15) is 4.31 Å². The number of hydrogen-bond donors (Lipinski definition) is 2. The topological polar surface area (TPSA) is 78.5 Å². The number of rotatable bonds is 6. The van der Waals surface area contributed by atoms with E-state index in [1.54, 1.807) is 19.2 Å². The normalized spacial score (nSPS) is 19.0. The van der Waals surface area contributed by atoms with Crippen LogP contribution in [0.5, 0.6) is 0 Å². The van der Waals surface area contributed by atoms with Gasteiger partial charge >= 0.3 is 0 Å². The van der Waals surface area contributed by atoms with Crippen LogP contribution in [0, 0.1) is 0 Å². The fraction of sp³-hybridized carbons (Fsp3) is 0.550. The first kappa shape index (κ1) is 20.0. The number of amides is 1. The summed E-state index contributed by atoms with van der Waals surface area (Å²) in [4.78, 5) is 12.6. The van der Waals surface area contributed by atoms with Gasteiger partial charge in [0.05, 0.1) is 4.90 Å². The Kier molecular flexibility index (Phi) is 6.68. The molecule has 2 aliphatic rings. The molecule has 1 amide bonds. The molecule has 0 spiro atoms. The molecule has 1 fully saturated rings. The van der Waals surface area contributed by atoms with Gasteiger partial charge in [0.15, 0.2) is 0 Å². The first-order chi connectivity index (χ1) is 13.0. The fourth-order valence-corrected chi connectivity index (χ4v) is 5.13. The monoisotopic (exact) mass is 391 g/mol. The lowest BCUT2D eigenvalue weighted by molar-refractivity contribution is 0.0956. The van der Waals surface area contributed by atoms with E-state index in [1.807, 2.05) is 0 Å². The van der Waals surface area contributed by atoms with Gasteiger partial charge in [-0.15, -0.1) is 0 Å². The molecule has 27 heavy (non-hydrogen) atoms. The SMILES string of the molecule is CN(C1CCCCC1)S(=O)(=O)c1ccc(C(=O)NCC2=CCNCC2)cc1. The van der Waals surface area contributed by atoms with Crippen LogP contribution in [-0.4, -0.2) is 51.4 Å². The number of carbonyl (C=O) groups excluding carboxylic acids is 1. The largest absolute Gasteiger partial charge is 0.348 e. The summed E-state index contributed by atoms with van der Waals surface area (Å²) >= 11 is 0. The van der Waals surface area contributed by atoms with Crippen molar-refractivity contribution in [3.05, 3.63) is 41.5 Å². The van der Waals surface area contributed by atoms with Crippen LogP contribution < -0.4 is 10.6 Å². The Hall–Kier alpha value is -1.70. The van der Waals surface area contributed by atoms with Crippen molar-refractivity contribution in [3.8, 4) is 0 Å². The van der Waals surface area contributed by atoms with Crippen molar-refractivity contribution in [2.45, 2.75) is 49.5 Å². The second kappa shape index (κ2) is 8.99. The van der Waals surface area contributed by atoms with Crippen molar-refractivity contribution in [1.82, 2.24) is 14.9 Å². The van der Waals surface area contributed by atoms with Crippen LogP contribution in [0.4, 0.5) is 0 Å². The van der Waals surface area contributed by atoms with Crippen LogP contribution in [0.3, 0.4) is 0 Å². The van der Waals surface area contributed by atoms with Crippen LogP contribution in [0.1, 0.15) is 48.9 Å². The van der Waals surface area contributed by atoms with Gasteiger partial charge in [-0.3, -0.25) is 4.79 Å². The molecule has 7 heteroatoms. The molecule has 1 aliphatic heterocycles. The molecule has 0 unspecified atom stereocenters. The summed E-state index contributed by atoms with van der Waals surface area (Å²) in [5.74, 6) is -0.181. The quantitative estimate of drug-likeness (QED) is 0.730. The average Bonchev–Trinajstić information content (AvgIpc) is 2.73. The van der Waals surface area contributed by atoms with Crippen molar-refractivity contribution < 1.29 is 13.2 Å². The molecular formula is C20H29N3O3S. The van der Waals surface area contributed by atoms with Crippen molar-refractivity contribution in [2.75, 3.05) is 26.7 Å². The zero-order chi connectivity index (χ0) is 19.3. The van der Waals surface area contributed by atoms with E-state index < -0.39 is 10.0 Å². The van der Waals surface area contributed by atoms with Gasteiger partial charge in [-0.05, 0) is 50.1 Å². The summed E-state index contributed by atoms with van der Waals surface area (Å²) in [6.45, 7) is 2.31. The Morgan fingerprint density at radius 3 is 2.52 bits per heavy atom. The summed E-state index contributed by atoms with van der Waals surface area (Å²) in [5, 5.41) is 6.14. The number of hydrogen-bond acceptors (Lipinski definition) is 4. The van der Waals surface area contributed by atoms with E-state index in [-0.39, 0.29) is 16.8 Å². The molecule has 6 nitrogen and oxygen atoms in total. The van der Waals surface area contributed by atoms with Gasteiger partial charge in [-0.25, -0.2) is 8.42 Å². The van der Waals surface area contributed by atoms with Crippen molar-refractivity contribution in [2.24, 2.45) is 0 Å². The van der Waals surface area contributed by atoms with Gasteiger partial charge in [-0.1, -0.05) is 30.9 Å². The molecule has 1 aromatic rings. The minimum atomic E-state index is -3.52.